The molecule has 0 heterocycles. The summed E-state index contributed by atoms with van der Waals surface area (Å²) in [6.45, 7) is 6.63. The molecule has 0 atom stereocenters. The molecule has 2 rings (SSSR count). The van der Waals surface area contributed by atoms with Crippen LogP contribution in [0.2, 0.25) is 0 Å². The van der Waals surface area contributed by atoms with Gasteiger partial charge >= 0.3 is 6.16 Å². The number of rotatable bonds is 13. The van der Waals surface area contributed by atoms with E-state index in [2.05, 4.69) is 51.1 Å². The van der Waals surface area contributed by atoms with Gasteiger partial charge in [0.2, 0.25) is 0 Å². The zero-order valence-electron chi connectivity index (χ0n) is 19.0. The maximum Gasteiger partial charge on any atom is 0.511 e. The van der Waals surface area contributed by atoms with E-state index in [0.717, 1.165) is 50.5 Å². The van der Waals surface area contributed by atoms with Gasteiger partial charge in [-0.05, 0) is 72.4 Å². The first-order valence-electron chi connectivity index (χ1n) is 11.8. The van der Waals surface area contributed by atoms with E-state index in [1.54, 1.807) is 0 Å². The summed E-state index contributed by atoms with van der Waals surface area (Å²) >= 11 is 0. The second kappa shape index (κ2) is 13.1. The van der Waals surface area contributed by atoms with Crippen molar-refractivity contribution in [1.82, 2.24) is 0 Å². The van der Waals surface area contributed by atoms with Crippen LogP contribution in [0.3, 0.4) is 0 Å². The lowest BCUT2D eigenvalue weighted by atomic mass is 9.86. The standard InChI is InChI=1S/C27H38O3/c1-4-7-10-17-23-24(22-16-13-12-15-21(22)14-9-6-3)19-20-26(30-27(28)29)25(23)18-11-8-5-2/h12-13,15-16,19-20H,4-11,14,17-18H2,1-3H3,(H,28,29). The summed E-state index contributed by atoms with van der Waals surface area (Å²) in [5.74, 6) is 0.514. The van der Waals surface area contributed by atoms with Crippen LogP contribution in [0.15, 0.2) is 36.4 Å². The first-order valence-corrected chi connectivity index (χ1v) is 11.8. The average Bonchev–Trinajstić information content (AvgIpc) is 2.74. The van der Waals surface area contributed by atoms with E-state index in [0.29, 0.717) is 5.75 Å². The molecule has 0 amide bonds. The first-order chi connectivity index (χ1) is 14.6. The van der Waals surface area contributed by atoms with Crippen molar-refractivity contribution >= 4 is 6.16 Å². The molecule has 0 unspecified atom stereocenters. The Morgan fingerprint density at radius 1 is 0.733 bits per heavy atom. The first kappa shape index (κ1) is 24.0. The van der Waals surface area contributed by atoms with Crippen LogP contribution >= 0.6 is 0 Å². The fourth-order valence-corrected chi connectivity index (χ4v) is 4.14. The Hall–Kier alpha value is -2.29. The Morgan fingerprint density at radius 2 is 1.37 bits per heavy atom. The molecule has 2 aromatic carbocycles. The molecule has 0 saturated heterocycles. The van der Waals surface area contributed by atoms with E-state index < -0.39 is 6.16 Å². The highest BCUT2D eigenvalue weighted by Gasteiger charge is 2.18. The maximum atomic E-state index is 11.3. The minimum Gasteiger partial charge on any atom is -0.449 e. The molecule has 0 aliphatic rings. The number of carbonyl (C=O) groups is 1. The van der Waals surface area contributed by atoms with E-state index >= 15 is 0 Å². The fourth-order valence-electron chi connectivity index (χ4n) is 4.14. The number of unbranched alkanes of at least 4 members (excludes halogenated alkanes) is 5. The third-order valence-corrected chi connectivity index (χ3v) is 5.75. The molecule has 3 heteroatoms. The van der Waals surface area contributed by atoms with Crippen molar-refractivity contribution in [3.05, 3.63) is 53.1 Å². The monoisotopic (exact) mass is 410 g/mol. The Morgan fingerprint density at radius 3 is 2.00 bits per heavy atom. The van der Waals surface area contributed by atoms with Crippen molar-refractivity contribution in [3.63, 3.8) is 0 Å². The van der Waals surface area contributed by atoms with Crippen molar-refractivity contribution in [2.45, 2.75) is 91.4 Å². The molecule has 164 valence electrons. The van der Waals surface area contributed by atoms with Gasteiger partial charge in [-0.1, -0.05) is 83.2 Å². The van der Waals surface area contributed by atoms with Gasteiger partial charge in [-0.25, -0.2) is 4.79 Å². The molecule has 0 aromatic heterocycles. The summed E-state index contributed by atoms with van der Waals surface area (Å²) in [7, 11) is 0. The lowest BCUT2D eigenvalue weighted by molar-refractivity contribution is 0.144. The third kappa shape index (κ3) is 6.90. The van der Waals surface area contributed by atoms with Crippen LogP contribution in [0, 0.1) is 0 Å². The number of hydrogen-bond acceptors (Lipinski definition) is 2. The van der Waals surface area contributed by atoms with Gasteiger partial charge in [0, 0.05) is 0 Å². The van der Waals surface area contributed by atoms with Crippen molar-refractivity contribution in [2.75, 3.05) is 0 Å². The van der Waals surface area contributed by atoms with Gasteiger partial charge in [0.15, 0.2) is 0 Å². The predicted octanol–water partition coefficient (Wildman–Crippen LogP) is 8.22. The van der Waals surface area contributed by atoms with Gasteiger partial charge in [-0.3, -0.25) is 0 Å². The van der Waals surface area contributed by atoms with Gasteiger partial charge < -0.3 is 9.84 Å². The molecule has 0 saturated carbocycles. The Labute approximate surface area is 182 Å². The van der Waals surface area contributed by atoms with E-state index in [-0.39, 0.29) is 0 Å². The predicted molar refractivity (Wildman–Crippen MR) is 126 cm³/mol. The molecular formula is C27H38O3. The van der Waals surface area contributed by atoms with Crippen molar-refractivity contribution < 1.29 is 14.6 Å². The fraction of sp³-hybridized carbons (Fsp3) is 0.519. The highest BCUT2D eigenvalue weighted by atomic mass is 16.7. The van der Waals surface area contributed by atoms with Gasteiger partial charge in [-0.15, -0.1) is 0 Å². The zero-order chi connectivity index (χ0) is 21.8. The number of carboxylic acid groups (broad SMARTS) is 1. The summed E-state index contributed by atoms with van der Waals surface area (Å²) in [6.07, 6.45) is 10.8. The van der Waals surface area contributed by atoms with E-state index in [1.165, 1.54) is 47.9 Å². The smallest absolute Gasteiger partial charge is 0.449 e. The lowest BCUT2D eigenvalue weighted by Crippen LogP contribution is -2.09. The summed E-state index contributed by atoms with van der Waals surface area (Å²) in [5.41, 5.74) is 6.28. The highest BCUT2D eigenvalue weighted by Crippen LogP contribution is 2.37. The average molecular weight is 411 g/mol. The molecule has 0 aliphatic heterocycles. The van der Waals surface area contributed by atoms with Gasteiger partial charge in [0.25, 0.3) is 0 Å². The minimum absolute atomic E-state index is 0.514. The summed E-state index contributed by atoms with van der Waals surface area (Å²) in [5, 5.41) is 9.27. The normalized spacial score (nSPS) is 10.9. The van der Waals surface area contributed by atoms with Crippen LogP contribution in [-0.4, -0.2) is 11.3 Å². The van der Waals surface area contributed by atoms with Crippen LogP contribution in [0.5, 0.6) is 5.75 Å². The zero-order valence-corrected chi connectivity index (χ0v) is 19.0. The van der Waals surface area contributed by atoms with Gasteiger partial charge in [-0.2, -0.15) is 0 Å². The molecule has 0 aliphatic carbocycles. The summed E-state index contributed by atoms with van der Waals surface area (Å²) in [6, 6.07) is 12.6. The molecule has 0 spiro atoms. The Bertz CT molecular complexity index is 795. The van der Waals surface area contributed by atoms with Crippen LogP contribution in [0.1, 0.15) is 88.8 Å². The summed E-state index contributed by atoms with van der Waals surface area (Å²) < 4.78 is 5.23. The Kier molecular flexibility index (Phi) is 10.5. The second-order valence-corrected chi connectivity index (χ2v) is 8.11. The molecule has 0 radical (unpaired) electrons. The number of ether oxygens (including phenoxy) is 1. The van der Waals surface area contributed by atoms with Crippen molar-refractivity contribution in [2.24, 2.45) is 0 Å². The number of aryl methyl sites for hydroxylation is 1. The molecule has 0 bridgehead atoms. The molecule has 2 aromatic rings. The van der Waals surface area contributed by atoms with E-state index in [1.807, 2.05) is 6.07 Å². The van der Waals surface area contributed by atoms with Gasteiger partial charge in [0.1, 0.15) is 5.75 Å². The molecule has 1 N–H and O–H groups in total. The largest absolute Gasteiger partial charge is 0.511 e. The van der Waals surface area contributed by atoms with Crippen LogP contribution in [0.25, 0.3) is 11.1 Å². The topological polar surface area (TPSA) is 46.5 Å². The molecule has 3 nitrogen and oxygen atoms in total. The third-order valence-electron chi connectivity index (χ3n) is 5.75. The van der Waals surface area contributed by atoms with Crippen LogP contribution < -0.4 is 4.74 Å². The van der Waals surface area contributed by atoms with E-state index in [9.17, 15) is 9.90 Å². The van der Waals surface area contributed by atoms with E-state index in [4.69, 9.17) is 4.74 Å². The molecule has 30 heavy (non-hydrogen) atoms. The lowest BCUT2D eigenvalue weighted by Gasteiger charge is -2.20. The van der Waals surface area contributed by atoms with Crippen LogP contribution in [0.4, 0.5) is 4.79 Å². The number of hydrogen-bond donors (Lipinski definition) is 1. The van der Waals surface area contributed by atoms with Crippen molar-refractivity contribution in [3.8, 4) is 16.9 Å². The quantitative estimate of drug-likeness (QED) is 0.205. The number of benzene rings is 2. The maximum absolute atomic E-state index is 11.3. The van der Waals surface area contributed by atoms with Crippen molar-refractivity contribution in [1.29, 1.82) is 0 Å². The highest BCUT2D eigenvalue weighted by molar-refractivity contribution is 5.74. The van der Waals surface area contributed by atoms with Gasteiger partial charge in [0.05, 0.1) is 0 Å². The van der Waals surface area contributed by atoms with Crippen LogP contribution in [-0.2, 0) is 19.3 Å². The molecule has 0 fully saturated rings. The second-order valence-electron chi connectivity index (χ2n) is 8.11. The minimum atomic E-state index is -1.23. The summed E-state index contributed by atoms with van der Waals surface area (Å²) in [4.78, 5) is 11.3. The SMILES string of the molecule is CCCCCc1c(OC(=O)O)ccc(-c2ccccc2CCCC)c1CCCCC. The molecular weight excluding hydrogens is 372 g/mol. The Balaban J connectivity index is 2.57.